The number of nitrogens with zero attached hydrogens (tertiary/aromatic N) is 2. The topological polar surface area (TPSA) is 76.2 Å². The SMILES string of the molecule is O=C(c1ccc(OC[C@H]2CCCO2)cc1)N1CCN(S(=O)(=O)/C=C\c2ccccc2)CC1. The summed E-state index contributed by atoms with van der Waals surface area (Å²) in [5, 5.41) is 1.23. The molecule has 0 bridgehead atoms. The molecule has 2 heterocycles. The fraction of sp³-hybridized carbons (Fsp3) is 0.375. The molecule has 2 aromatic carbocycles. The van der Waals surface area contributed by atoms with Gasteiger partial charge in [0.25, 0.3) is 5.91 Å². The van der Waals surface area contributed by atoms with Crippen LogP contribution < -0.4 is 4.74 Å². The standard InChI is InChI=1S/C24H28N2O5S/c27-24(21-8-10-22(11-9-21)31-19-23-7-4-17-30-23)25-13-15-26(16-14-25)32(28,29)18-12-20-5-2-1-3-6-20/h1-3,5-6,8-12,18,23H,4,7,13-17,19H2/b18-12-/t23-/m1/s1. The van der Waals surface area contributed by atoms with Crippen LogP contribution in [0.5, 0.6) is 5.75 Å². The first-order valence-electron chi connectivity index (χ1n) is 10.9. The van der Waals surface area contributed by atoms with Crippen LogP contribution >= 0.6 is 0 Å². The van der Waals surface area contributed by atoms with Crippen molar-refractivity contribution in [2.75, 3.05) is 39.4 Å². The Morgan fingerprint density at radius 1 is 1.03 bits per heavy atom. The first-order valence-corrected chi connectivity index (χ1v) is 12.4. The van der Waals surface area contributed by atoms with E-state index in [1.54, 1.807) is 35.2 Å². The number of benzene rings is 2. The smallest absolute Gasteiger partial charge is 0.253 e. The average Bonchev–Trinajstić information content (AvgIpc) is 3.36. The van der Waals surface area contributed by atoms with E-state index < -0.39 is 10.0 Å². The summed E-state index contributed by atoms with van der Waals surface area (Å²) < 4.78 is 37.9. The van der Waals surface area contributed by atoms with Gasteiger partial charge in [0.05, 0.1) is 6.10 Å². The third-order valence-corrected chi connectivity index (χ3v) is 7.24. The Morgan fingerprint density at radius 3 is 2.41 bits per heavy atom. The molecule has 4 rings (SSSR count). The lowest BCUT2D eigenvalue weighted by molar-refractivity contribution is 0.0676. The van der Waals surface area contributed by atoms with E-state index in [4.69, 9.17) is 9.47 Å². The average molecular weight is 457 g/mol. The largest absolute Gasteiger partial charge is 0.491 e. The van der Waals surface area contributed by atoms with Crippen LogP contribution in [0.15, 0.2) is 60.0 Å². The molecule has 2 aliphatic rings. The normalized spacial score (nSPS) is 20.0. The fourth-order valence-electron chi connectivity index (χ4n) is 3.80. The van der Waals surface area contributed by atoms with Crippen molar-refractivity contribution >= 4 is 22.0 Å². The molecule has 2 aromatic rings. The fourth-order valence-corrected chi connectivity index (χ4v) is 4.98. The van der Waals surface area contributed by atoms with Crippen LogP contribution in [0.3, 0.4) is 0 Å². The van der Waals surface area contributed by atoms with Gasteiger partial charge in [0.2, 0.25) is 10.0 Å². The number of amides is 1. The highest BCUT2D eigenvalue weighted by Gasteiger charge is 2.28. The molecule has 2 saturated heterocycles. The van der Waals surface area contributed by atoms with E-state index in [9.17, 15) is 13.2 Å². The third-order valence-electron chi connectivity index (χ3n) is 5.68. The molecule has 8 heteroatoms. The molecule has 170 valence electrons. The molecular formula is C24H28N2O5S. The van der Waals surface area contributed by atoms with Gasteiger partial charge in [-0.15, -0.1) is 0 Å². The van der Waals surface area contributed by atoms with E-state index in [0.29, 0.717) is 31.0 Å². The van der Waals surface area contributed by atoms with Crippen molar-refractivity contribution in [3.63, 3.8) is 0 Å². The third kappa shape index (κ3) is 5.76. The lowest BCUT2D eigenvalue weighted by atomic mass is 10.2. The monoisotopic (exact) mass is 456 g/mol. The highest BCUT2D eigenvalue weighted by molar-refractivity contribution is 7.92. The molecule has 0 aromatic heterocycles. The molecule has 2 aliphatic heterocycles. The second-order valence-corrected chi connectivity index (χ2v) is 9.74. The van der Waals surface area contributed by atoms with E-state index in [1.165, 1.54) is 9.71 Å². The van der Waals surface area contributed by atoms with Gasteiger partial charge in [0.1, 0.15) is 12.4 Å². The number of sulfonamides is 1. The molecule has 0 unspecified atom stereocenters. The van der Waals surface area contributed by atoms with Gasteiger partial charge in [-0.3, -0.25) is 4.79 Å². The van der Waals surface area contributed by atoms with Gasteiger partial charge >= 0.3 is 0 Å². The predicted octanol–water partition coefficient (Wildman–Crippen LogP) is 3.00. The van der Waals surface area contributed by atoms with Crippen molar-refractivity contribution in [3.8, 4) is 5.75 Å². The number of ether oxygens (including phenoxy) is 2. The maximum Gasteiger partial charge on any atom is 0.253 e. The Hall–Kier alpha value is -2.68. The van der Waals surface area contributed by atoms with E-state index in [1.807, 2.05) is 30.3 Å². The van der Waals surface area contributed by atoms with E-state index in [-0.39, 0.29) is 25.1 Å². The van der Waals surface area contributed by atoms with Crippen molar-refractivity contribution in [1.82, 2.24) is 9.21 Å². The predicted molar refractivity (Wildman–Crippen MR) is 123 cm³/mol. The van der Waals surface area contributed by atoms with E-state index in [0.717, 1.165) is 25.0 Å². The van der Waals surface area contributed by atoms with Gasteiger partial charge in [0, 0.05) is 43.8 Å². The molecular weight excluding hydrogens is 428 g/mol. The van der Waals surface area contributed by atoms with Crippen molar-refractivity contribution in [1.29, 1.82) is 0 Å². The zero-order chi connectivity index (χ0) is 22.4. The van der Waals surface area contributed by atoms with Crippen molar-refractivity contribution in [2.24, 2.45) is 0 Å². The minimum atomic E-state index is -3.53. The summed E-state index contributed by atoms with van der Waals surface area (Å²) in [6.45, 7) is 2.57. The number of carbonyl (C=O) groups is 1. The molecule has 7 nitrogen and oxygen atoms in total. The first kappa shape index (κ1) is 22.5. The number of rotatable bonds is 7. The molecule has 32 heavy (non-hydrogen) atoms. The minimum absolute atomic E-state index is 0.104. The molecule has 1 atom stereocenters. The summed E-state index contributed by atoms with van der Waals surface area (Å²) in [6, 6.07) is 16.4. The quantitative estimate of drug-likeness (QED) is 0.640. The van der Waals surface area contributed by atoms with Crippen LogP contribution in [0.4, 0.5) is 0 Å². The lowest BCUT2D eigenvalue weighted by Gasteiger charge is -2.33. The zero-order valence-electron chi connectivity index (χ0n) is 17.9. The molecule has 0 aliphatic carbocycles. The van der Waals surface area contributed by atoms with Gasteiger partial charge < -0.3 is 14.4 Å². The van der Waals surface area contributed by atoms with Crippen molar-refractivity contribution < 1.29 is 22.7 Å². The molecule has 0 radical (unpaired) electrons. The lowest BCUT2D eigenvalue weighted by Crippen LogP contribution is -2.50. The van der Waals surface area contributed by atoms with Crippen LogP contribution in [-0.2, 0) is 14.8 Å². The van der Waals surface area contributed by atoms with Gasteiger partial charge in [-0.1, -0.05) is 30.3 Å². The Labute approximate surface area is 189 Å². The van der Waals surface area contributed by atoms with E-state index >= 15 is 0 Å². The number of carbonyl (C=O) groups excluding carboxylic acids is 1. The van der Waals surface area contributed by atoms with Crippen LogP contribution in [0, 0.1) is 0 Å². The van der Waals surface area contributed by atoms with Crippen molar-refractivity contribution in [2.45, 2.75) is 18.9 Å². The second kappa shape index (κ2) is 10.3. The van der Waals surface area contributed by atoms with Crippen LogP contribution in [0.2, 0.25) is 0 Å². The summed E-state index contributed by atoms with van der Waals surface area (Å²) in [7, 11) is -3.53. The number of hydrogen-bond acceptors (Lipinski definition) is 5. The summed E-state index contributed by atoms with van der Waals surface area (Å²) in [5.41, 5.74) is 1.39. The highest BCUT2D eigenvalue weighted by atomic mass is 32.2. The molecule has 0 saturated carbocycles. The zero-order valence-corrected chi connectivity index (χ0v) is 18.7. The minimum Gasteiger partial charge on any atom is -0.491 e. The second-order valence-electron chi connectivity index (χ2n) is 7.92. The number of piperazine rings is 1. The summed E-state index contributed by atoms with van der Waals surface area (Å²) in [4.78, 5) is 14.5. The Balaban J connectivity index is 1.28. The van der Waals surface area contributed by atoms with Crippen LogP contribution in [0.25, 0.3) is 6.08 Å². The Morgan fingerprint density at radius 2 is 1.75 bits per heavy atom. The van der Waals surface area contributed by atoms with Gasteiger partial charge in [-0.25, -0.2) is 8.42 Å². The Bertz CT molecular complexity index is 1020. The van der Waals surface area contributed by atoms with Crippen molar-refractivity contribution in [3.05, 3.63) is 71.1 Å². The van der Waals surface area contributed by atoms with Crippen LogP contribution in [-0.4, -0.2) is 69.0 Å². The molecule has 0 spiro atoms. The first-order chi connectivity index (χ1) is 15.5. The molecule has 0 N–H and O–H groups in total. The molecule has 1 amide bonds. The Kier molecular flexibility index (Phi) is 7.24. The van der Waals surface area contributed by atoms with Crippen LogP contribution in [0.1, 0.15) is 28.8 Å². The van der Waals surface area contributed by atoms with E-state index in [2.05, 4.69) is 0 Å². The maximum absolute atomic E-state index is 12.8. The van der Waals surface area contributed by atoms with Gasteiger partial charge in [-0.2, -0.15) is 4.31 Å². The summed E-state index contributed by atoms with van der Waals surface area (Å²) in [5.74, 6) is 0.603. The van der Waals surface area contributed by atoms with Gasteiger partial charge in [0.15, 0.2) is 0 Å². The summed E-state index contributed by atoms with van der Waals surface area (Å²) >= 11 is 0. The highest BCUT2D eigenvalue weighted by Crippen LogP contribution is 2.18. The summed E-state index contributed by atoms with van der Waals surface area (Å²) in [6.07, 6.45) is 3.82. The number of hydrogen-bond donors (Lipinski definition) is 0. The maximum atomic E-state index is 12.8. The molecule has 2 fully saturated rings. The van der Waals surface area contributed by atoms with Gasteiger partial charge in [-0.05, 0) is 48.7 Å².